The van der Waals surface area contributed by atoms with Crippen LogP contribution in [0.3, 0.4) is 0 Å². The van der Waals surface area contributed by atoms with Crippen LogP contribution in [0.25, 0.3) is 0 Å². The van der Waals surface area contributed by atoms with Crippen molar-refractivity contribution in [1.29, 1.82) is 0 Å². The van der Waals surface area contributed by atoms with Gasteiger partial charge in [-0.3, -0.25) is 9.59 Å². The minimum atomic E-state index is -0.686. The SMILES string of the molecule is CCC(CCCCCCCCCCCCC(=O)O)CC(=O)O.Cl.Cl. The van der Waals surface area contributed by atoms with Gasteiger partial charge in [0.25, 0.3) is 0 Å². The number of carbonyl (C=O) groups is 2. The number of rotatable bonds is 16. The Morgan fingerprint density at radius 2 is 1.12 bits per heavy atom. The molecule has 146 valence electrons. The maximum atomic E-state index is 10.7. The third kappa shape index (κ3) is 21.5. The molecule has 1 atom stereocenters. The van der Waals surface area contributed by atoms with Crippen molar-refractivity contribution in [3.05, 3.63) is 0 Å². The zero-order chi connectivity index (χ0) is 16.6. The van der Waals surface area contributed by atoms with E-state index in [4.69, 9.17) is 10.2 Å². The van der Waals surface area contributed by atoms with Crippen LogP contribution < -0.4 is 0 Å². The second kappa shape index (κ2) is 20.6. The van der Waals surface area contributed by atoms with Crippen molar-refractivity contribution in [3.63, 3.8) is 0 Å². The van der Waals surface area contributed by atoms with Gasteiger partial charge in [0.1, 0.15) is 0 Å². The predicted molar refractivity (Wildman–Crippen MR) is 104 cm³/mol. The molecule has 0 bridgehead atoms. The molecule has 2 N–H and O–H groups in total. The summed E-state index contributed by atoms with van der Waals surface area (Å²) in [6.45, 7) is 2.07. The Hall–Kier alpha value is -0.480. The Balaban J connectivity index is -0.00000220. The molecule has 0 aromatic heterocycles. The average Bonchev–Trinajstić information content (AvgIpc) is 2.46. The van der Waals surface area contributed by atoms with Crippen LogP contribution in [-0.2, 0) is 9.59 Å². The van der Waals surface area contributed by atoms with Gasteiger partial charge in [0, 0.05) is 12.8 Å². The first-order valence-electron chi connectivity index (χ1n) is 8.99. The van der Waals surface area contributed by atoms with Gasteiger partial charge in [0.05, 0.1) is 0 Å². The number of carboxylic acids is 2. The summed E-state index contributed by atoms with van der Waals surface area (Å²) in [6.07, 6.45) is 14.3. The predicted octanol–water partition coefficient (Wildman–Crippen LogP) is 6.10. The van der Waals surface area contributed by atoms with Crippen LogP contribution in [0.1, 0.15) is 96.8 Å². The Labute approximate surface area is 159 Å². The van der Waals surface area contributed by atoms with Gasteiger partial charge in [-0.05, 0) is 18.8 Å². The second-order valence-corrected chi connectivity index (χ2v) is 6.34. The number of aliphatic carboxylic acids is 2. The van der Waals surface area contributed by atoms with E-state index in [2.05, 4.69) is 6.92 Å². The highest BCUT2D eigenvalue weighted by Gasteiger charge is 2.10. The molecule has 0 saturated heterocycles. The van der Waals surface area contributed by atoms with Crippen LogP contribution in [0.2, 0.25) is 0 Å². The normalized spacial score (nSPS) is 11.2. The van der Waals surface area contributed by atoms with E-state index in [1.54, 1.807) is 0 Å². The van der Waals surface area contributed by atoms with Gasteiger partial charge in [-0.25, -0.2) is 0 Å². The summed E-state index contributed by atoms with van der Waals surface area (Å²) >= 11 is 0. The van der Waals surface area contributed by atoms with E-state index in [-0.39, 0.29) is 24.8 Å². The maximum absolute atomic E-state index is 10.7. The lowest BCUT2D eigenvalue weighted by atomic mass is 9.95. The van der Waals surface area contributed by atoms with Crippen LogP contribution in [0, 0.1) is 5.92 Å². The van der Waals surface area contributed by atoms with Crippen molar-refractivity contribution < 1.29 is 19.8 Å². The number of halogens is 2. The molecule has 0 saturated carbocycles. The fraction of sp³-hybridized carbons (Fsp3) is 0.889. The van der Waals surface area contributed by atoms with E-state index in [1.165, 1.54) is 38.5 Å². The van der Waals surface area contributed by atoms with Gasteiger partial charge in [0.15, 0.2) is 0 Å². The monoisotopic (exact) mass is 386 g/mol. The summed E-state index contributed by atoms with van der Waals surface area (Å²) in [5.74, 6) is -1.01. The third-order valence-corrected chi connectivity index (χ3v) is 4.29. The van der Waals surface area contributed by atoms with Crippen LogP contribution in [-0.4, -0.2) is 22.2 Å². The molecule has 0 aromatic rings. The fourth-order valence-corrected chi connectivity index (χ4v) is 2.82. The number of hydrogen-bond acceptors (Lipinski definition) is 2. The van der Waals surface area contributed by atoms with Gasteiger partial charge in [-0.2, -0.15) is 0 Å². The summed E-state index contributed by atoms with van der Waals surface area (Å²) in [6, 6.07) is 0. The summed E-state index contributed by atoms with van der Waals surface area (Å²) in [5, 5.41) is 17.3. The molecule has 0 aliphatic heterocycles. The van der Waals surface area contributed by atoms with E-state index in [0.29, 0.717) is 18.8 Å². The summed E-state index contributed by atoms with van der Waals surface area (Å²) in [4.78, 5) is 21.0. The molecular formula is C18H36Cl2O4. The molecule has 0 aliphatic carbocycles. The summed E-state index contributed by atoms with van der Waals surface area (Å²) in [7, 11) is 0. The molecule has 6 heteroatoms. The van der Waals surface area contributed by atoms with Gasteiger partial charge >= 0.3 is 11.9 Å². The highest BCUT2D eigenvalue weighted by Crippen LogP contribution is 2.18. The standard InChI is InChI=1S/C18H34O4.2ClH/c1-2-16(15-18(21)22)13-11-9-7-5-3-4-6-8-10-12-14-17(19)20;;/h16H,2-15H2,1H3,(H,19,20)(H,21,22);2*1H. The molecule has 0 aromatic carbocycles. The molecule has 0 aliphatic rings. The van der Waals surface area contributed by atoms with E-state index in [9.17, 15) is 9.59 Å². The quantitative estimate of drug-likeness (QED) is 0.314. The smallest absolute Gasteiger partial charge is 0.303 e. The third-order valence-electron chi connectivity index (χ3n) is 4.29. The van der Waals surface area contributed by atoms with Gasteiger partial charge < -0.3 is 10.2 Å². The van der Waals surface area contributed by atoms with Crippen LogP contribution in [0.15, 0.2) is 0 Å². The minimum Gasteiger partial charge on any atom is -0.481 e. The minimum absolute atomic E-state index is 0. The molecule has 4 nitrogen and oxygen atoms in total. The first-order chi connectivity index (χ1) is 10.6. The van der Waals surface area contributed by atoms with E-state index < -0.39 is 11.9 Å². The van der Waals surface area contributed by atoms with Gasteiger partial charge in [0.2, 0.25) is 0 Å². The Morgan fingerprint density at radius 3 is 1.50 bits per heavy atom. The lowest BCUT2D eigenvalue weighted by molar-refractivity contribution is -0.138. The van der Waals surface area contributed by atoms with Crippen molar-refractivity contribution in [2.24, 2.45) is 5.92 Å². The lowest BCUT2D eigenvalue weighted by Gasteiger charge is -2.11. The zero-order valence-corrected chi connectivity index (χ0v) is 16.6. The molecule has 0 rings (SSSR count). The molecular weight excluding hydrogens is 351 g/mol. The van der Waals surface area contributed by atoms with Crippen molar-refractivity contribution in [2.75, 3.05) is 0 Å². The largest absolute Gasteiger partial charge is 0.481 e. The van der Waals surface area contributed by atoms with Crippen molar-refractivity contribution in [3.8, 4) is 0 Å². The first-order valence-corrected chi connectivity index (χ1v) is 8.99. The molecule has 0 spiro atoms. The molecule has 0 fully saturated rings. The molecule has 24 heavy (non-hydrogen) atoms. The first kappa shape index (κ1) is 28.3. The number of unbranched alkanes of at least 4 members (excludes halogenated alkanes) is 9. The molecule has 0 amide bonds. The molecule has 0 heterocycles. The van der Waals surface area contributed by atoms with Crippen LogP contribution in [0.4, 0.5) is 0 Å². The molecule has 1 unspecified atom stereocenters. The molecule has 0 radical (unpaired) electrons. The lowest BCUT2D eigenvalue weighted by Crippen LogP contribution is -2.06. The van der Waals surface area contributed by atoms with Gasteiger partial charge in [-0.15, -0.1) is 24.8 Å². The zero-order valence-electron chi connectivity index (χ0n) is 15.0. The number of carboxylic acid groups (broad SMARTS) is 2. The fourth-order valence-electron chi connectivity index (χ4n) is 2.82. The Kier molecular flexibility index (Phi) is 24.3. The summed E-state index contributed by atoms with van der Waals surface area (Å²) < 4.78 is 0. The highest BCUT2D eigenvalue weighted by atomic mass is 35.5. The second-order valence-electron chi connectivity index (χ2n) is 6.34. The average molecular weight is 387 g/mol. The van der Waals surface area contributed by atoms with Crippen molar-refractivity contribution in [2.45, 2.75) is 96.8 Å². The van der Waals surface area contributed by atoms with E-state index >= 15 is 0 Å². The topological polar surface area (TPSA) is 74.6 Å². The van der Waals surface area contributed by atoms with Gasteiger partial charge in [-0.1, -0.05) is 71.1 Å². The summed E-state index contributed by atoms with van der Waals surface area (Å²) in [5.41, 5.74) is 0. The van der Waals surface area contributed by atoms with Crippen molar-refractivity contribution >= 4 is 36.8 Å². The van der Waals surface area contributed by atoms with E-state index in [1.807, 2.05) is 0 Å². The van der Waals surface area contributed by atoms with Crippen molar-refractivity contribution in [1.82, 2.24) is 0 Å². The van der Waals surface area contributed by atoms with Crippen LogP contribution >= 0.6 is 24.8 Å². The van der Waals surface area contributed by atoms with E-state index in [0.717, 1.165) is 38.5 Å². The maximum Gasteiger partial charge on any atom is 0.303 e. The number of hydrogen-bond donors (Lipinski definition) is 2. The Bertz CT molecular complexity index is 299. The Morgan fingerprint density at radius 1 is 0.708 bits per heavy atom. The highest BCUT2D eigenvalue weighted by molar-refractivity contribution is 5.85. The van der Waals surface area contributed by atoms with Crippen LogP contribution in [0.5, 0.6) is 0 Å².